The zero-order chi connectivity index (χ0) is 17.3. The molecule has 2 atom stereocenters. The molecule has 1 fully saturated rings. The first-order chi connectivity index (χ1) is 10.7. The van der Waals surface area contributed by atoms with Crippen molar-refractivity contribution in [2.75, 3.05) is 7.05 Å². The summed E-state index contributed by atoms with van der Waals surface area (Å²) < 4.78 is 53.5. The summed E-state index contributed by atoms with van der Waals surface area (Å²) in [5, 5.41) is 0. The maximum atomic E-state index is 12.5. The van der Waals surface area contributed by atoms with Gasteiger partial charge < -0.3 is 5.73 Å². The molecule has 130 valence electrons. The maximum absolute atomic E-state index is 12.5. The smallest absolute Gasteiger partial charge is 0.240 e. The van der Waals surface area contributed by atoms with Crippen LogP contribution in [0.3, 0.4) is 0 Å². The van der Waals surface area contributed by atoms with Crippen molar-refractivity contribution in [3.05, 3.63) is 23.8 Å². The van der Waals surface area contributed by atoms with Gasteiger partial charge in [0.2, 0.25) is 20.0 Å². The third-order valence-electron chi connectivity index (χ3n) is 4.05. The Morgan fingerprint density at radius 2 is 1.83 bits per heavy atom. The van der Waals surface area contributed by atoms with Gasteiger partial charge in [0.15, 0.2) is 0 Å². The van der Waals surface area contributed by atoms with Crippen molar-refractivity contribution in [3.63, 3.8) is 0 Å². The van der Waals surface area contributed by atoms with E-state index in [1.165, 1.54) is 25.2 Å². The third kappa shape index (κ3) is 4.30. The van der Waals surface area contributed by atoms with E-state index >= 15 is 0 Å². The van der Waals surface area contributed by atoms with Crippen LogP contribution in [0, 0.1) is 6.92 Å². The van der Waals surface area contributed by atoms with E-state index < -0.39 is 20.0 Å². The van der Waals surface area contributed by atoms with Crippen LogP contribution >= 0.6 is 0 Å². The van der Waals surface area contributed by atoms with Crippen molar-refractivity contribution in [1.29, 1.82) is 0 Å². The molecular formula is C14H23N3O4S2. The predicted molar refractivity (Wildman–Crippen MR) is 88.0 cm³/mol. The summed E-state index contributed by atoms with van der Waals surface area (Å²) in [5.41, 5.74) is 6.26. The second kappa shape index (κ2) is 6.86. The van der Waals surface area contributed by atoms with Crippen molar-refractivity contribution in [1.82, 2.24) is 9.44 Å². The Kier molecular flexibility index (Phi) is 5.47. The maximum Gasteiger partial charge on any atom is 0.240 e. The molecule has 23 heavy (non-hydrogen) atoms. The lowest BCUT2D eigenvalue weighted by molar-refractivity contribution is 0.371. The standard InChI is InChI=1S/C14H23N3O4S2/c1-10-8-13(6-7-14(10)23(20,21)16-2)22(18,19)17-12-5-3-4-11(15)9-12/h6-8,11-12,16-17H,3-5,9,15H2,1-2H3. The fourth-order valence-electron chi connectivity index (χ4n) is 2.82. The Hall–Kier alpha value is -1.00. The highest BCUT2D eigenvalue weighted by Crippen LogP contribution is 2.22. The number of hydrogen-bond acceptors (Lipinski definition) is 5. The van der Waals surface area contributed by atoms with E-state index in [1.54, 1.807) is 6.92 Å². The number of nitrogens with two attached hydrogens (primary N) is 1. The number of rotatable bonds is 5. The van der Waals surface area contributed by atoms with Crippen LogP contribution in [0.15, 0.2) is 28.0 Å². The Morgan fingerprint density at radius 3 is 2.39 bits per heavy atom. The summed E-state index contributed by atoms with van der Waals surface area (Å²) in [7, 11) is -5.99. The number of sulfonamides is 2. The van der Waals surface area contributed by atoms with Crippen LogP contribution in [-0.4, -0.2) is 36.0 Å². The molecule has 1 aliphatic rings. The predicted octanol–water partition coefficient (Wildman–Crippen LogP) is 0.451. The first-order valence-corrected chi connectivity index (χ1v) is 10.4. The third-order valence-corrected chi connectivity index (χ3v) is 7.14. The zero-order valence-electron chi connectivity index (χ0n) is 13.2. The molecule has 1 saturated carbocycles. The van der Waals surface area contributed by atoms with Gasteiger partial charge in [-0.1, -0.05) is 6.42 Å². The molecule has 4 N–H and O–H groups in total. The Bertz CT molecular complexity index is 775. The van der Waals surface area contributed by atoms with E-state index in [-0.39, 0.29) is 21.9 Å². The summed E-state index contributed by atoms with van der Waals surface area (Å²) in [6, 6.07) is 3.83. The van der Waals surface area contributed by atoms with Crippen molar-refractivity contribution in [2.45, 2.75) is 54.5 Å². The molecule has 1 aromatic rings. The van der Waals surface area contributed by atoms with E-state index in [1.807, 2.05) is 0 Å². The molecule has 0 aromatic heterocycles. The molecular weight excluding hydrogens is 338 g/mol. The lowest BCUT2D eigenvalue weighted by Gasteiger charge is -2.27. The number of nitrogens with one attached hydrogen (secondary N) is 2. The van der Waals surface area contributed by atoms with Crippen molar-refractivity contribution in [3.8, 4) is 0 Å². The van der Waals surface area contributed by atoms with Gasteiger partial charge in [0, 0.05) is 12.1 Å². The van der Waals surface area contributed by atoms with E-state index in [9.17, 15) is 16.8 Å². The molecule has 0 bridgehead atoms. The van der Waals surface area contributed by atoms with Gasteiger partial charge in [-0.2, -0.15) is 0 Å². The SMILES string of the molecule is CNS(=O)(=O)c1ccc(S(=O)(=O)NC2CCCC(N)C2)cc1C. The van der Waals surface area contributed by atoms with E-state index in [0.717, 1.165) is 19.3 Å². The normalized spacial score (nSPS) is 22.9. The van der Waals surface area contributed by atoms with Crippen LogP contribution in [0.1, 0.15) is 31.2 Å². The molecule has 1 aliphatic carbocycles. The lowest BCUT2D eigenvalue weighted by atomic mass is 9.92. The average molecular weight is 361 g/mol. The summed E-state index contributed by atoms with van der Waals surface area (Å²) in [4.78, 5) is 0.128. The Morgan fingerprint density at radius 1 is 1.13 bits per heavy atom. The van der Waals surface area contributed by atoms with Crippen LogP contribution in [0.2, 0.25) is 0 Å². The van der Waals surface area contributed by atoms with Crippen LogP contribution in [0.4, 0.5) is 0 Å². The number of benzene rings is 1. The highest BCUT2D eigenvalue weighted by atomic mass is 32.2. The van der Waals surface area contributed by atoms with Gasteiger partial charge in [0.25, 0.3) is 0 Å². The fourth-order valence-corrected chi connectivity index (χ4v) is 5.14. The quantitative estimate of drug-likeness (QED) is 0.704. The summed E-state index contributed by atoms with van der Waals surface area (Å²) in [5.74, 6) is 0. The zero-order valence-corrected chi connectivity index (χ0v) is 14.9. The molecule has 0 spiro atoms. The molecule has 0 aliphatic heterocycles. The van der Waals surface area contributed by atoms with Gasteiger partial charge in [-0.05, 0) is 57.0 Å². The lowest BCUT2D eigenvalue weighted by Crippen LogP contribution is -2.42. The molecule has 0 saturated heterocycles. The summed E-state index contributed by atoms with van der Waals surface area (Å²) in [6.07, 6.45) is 3.18. The van der Waals surface area contributed by atoms with E-state index in [4.69, 9.17) is 5.73 Å². The highest BCUT2D eigenvalue weighted by molar-refractivity contribution is 7.90. The van der Waals surface area contributed by atoms with Crippen LogP contribution in [0.25, 0.3) is 0 Å². The van der Waals surface area contributed by atoms with Crippen molar-refractivity contribution < 1.29 is 16.8 Å². The first-order valence-electron chi connectivity index (χ1n) is 7.48. The average Bonchev–Trinajstić information content (AvgIpc) is 2.46. The van der Waals surface area contributed by atoms with Crippen LogP contribution in [0.5, 0.6) is 0 Å². The number of aryl methyl sites for hydroxylation is 1. The minimum absolute atomic E-state index is 0.0151. The summed E-state index contributed by atoms with van der Waals surface area (Å²) >= 11 is 0. The van der Waals surface area contributed by atoms with Crippen LogP contribution in [-0.2, 0) is 20.0 Å². The molecule has 1 aromatic carbocycles. The van der Waals surface area contributed by atoms with Gasteiger partial charge >= 0.3 is 0 Å². The Balaban J connectivity index is 2.25. The number of hydrogen-bond donors (Lipinski definition) is 3. The topological polar surface area (TPSA) is 118 Å². The fraction of sp³-hybridized carbons (Fsp3) is 0.571. The van der Waals surface area contributed by atoms with E-state index in [2.05, 4.69) is 9.44 Å². The van der Waals surface area contributed by atoms with Gasteiger partial charge in [0.05, 0.1) is 9.79 Å². The largest absolute Gasteiger partial charge is 0.328 e. The highest BCUT2D eigenvalue weighted by Gasteiger charge is 2.26. The van der Waals surface area contributed by atoms with Crippen LogP contribution < -0.4 is 15.2 Å². The van der Waals surface area contributed by atoms with E-state index in [0.29, 0.717) is 12.0 Å². The molecule has 0 amide bonds. The molecule has 9 heteroatoms. The van der Waals surface area contributed by atoms with Gasteiger partial charge in [0.1, 0.15) is 0 Å². The molecule has 7 nitrogen and oxygen atoms in total. The van der Waals surface area contributed by atoms with Gasteiger partial charge in [-0.25, -0.2) is 26.3 Å². The van der Waals surface area contributed by atoms with Crippen molar-refractivity contribution in [2.24, 2.45) is 5.73 Å². The Labute approximate surface area is 137 Å². The second-order valence-electron chi connectivity index (χ2n) is 5.88. The molecule has 0 radical (unpaired) electrons. The van der Waals surface area contributed by atoms with Gasteiger partial charge in [-0.3, -0.25) is 0 Å². The molecule has 0 heterocycles. The van der Waals surface area contributed by atoms with Gasteiger partial charge in [-0.15, -0.1) is 0 Å². The first kappa shape index (κ1) is 18.3. The minimum Gasteiger partial charge on any atom is -0.328 e. The summed E-state index contributed by atoms with van der Waals surface area (Å²) in [6.45, 7) is 1.57. The molecule has 2 unspecified atom stereocenters. The molecule has 2 rings (SSSR count). The monoisotopic (exact) mass is 361 g/mol. The van der Waals surface area contributed by atoms with Crippen molar-refractivity contribution >= 4 is 20.0 Å². The second-order valence-corrected chi connectivity index (χ2v) is 9.45. The minimum atomic E-state index is -3.70.